The van der Waals surface area contributed by atoms with Crippen LogP contribution in [0.25, 0.3) is 0 Å². The maximum atomic E-state index is 14.1. The van der Waals surface area contributed by atoms with Gasteiger partial charge in [-0.1, -0.05) is 55.3 Å². The number of nitrogens with one attached hydrogen (secondary N) is 2. The molecule has 242 valence electrons. The summed E-state index contributed by atoms with van der Waals surface area (Å²) < 4.78 is 16.7. The van der Waals surface area contributed by atoms with E-state index in [0.717, 1.165) is 31.2 Å². The molecular formula is C34H49N3O7. The summed E-state index contributed by atoms with van der Waals surface area (Å²) in [6, 6.07) is 6.67. The number of likely N-dealkylation sites (tertiary alicyclic amines) is 1. The van der Waals surface area contributed by atoms with Crippen LogP contribution in [-0.4, -0.2) is 72.3 Å². The van der Waals surface area contributed by atoms with Crippen LogP contribution in [0.1, 0.15) is 77.2 Å². The lowest BCUT2D eigenvalue weighted by molar-refractivity contribution is -0.147. The van der Waals surface area contributed by atoms with Gasteiger partial charge in [0.1, 0.15) is 24.7 Å². The van der Waals surface area contributed by atoms with E-state index < -0.39 is 41.7 Å². The highest BCUT2D eigenvalue weighted by Crippen LogP contribution is 2.43. The van der Waals surface area contributed by atoms with Crippen molar-refractivity contribution in [1.82, 2.24) is 15.5 Å². The first-order valence-corrected chi connectivity index (χ1v) is 15.7. The van der Waals surface area contributed by atoms with Gasteiger partial charge in [-0.05, 0) is 64.4 Å². The third-order valence-corrected chi connectivity index (χ3v) is 8.25. The van der Waals surface area contributed by atoms with Gasteiger partial charge in [0.2, 0.25) is 11.8 Å². The number of unbranched alkanes of at least 4 members (excludes halogenated alkanes) is 4. The Morgan fingerprint density at radius 2 is 1.64 bits per heavy atom. The zero-order valence-electron chi connectivity index (χ0n) is 26.4. The van der Waals surface area contributed by atoms with Crippen LogP contribution in [-0.2, 0) is 35.2 Å². The standard InChI is InChI=1S/C34H49N3O7/c1-6-8-10-15-19-26(36-33(41)43-23-24-17-13-12-14-18-24)31(39)37-22-28-25(21-34(3,4)44-28)29(37)30(38)35-27(32(40)42-5)20-16-11-9-7-2/h6-7,12-14,17-18,25-29H,1-2,8-11,15-16,19-23H2,3-5H3,(H,35,38)(H,36,41)/t25-,26+,27-,28-,29?/m0/s1. The molecule has 0 saturated carbocycles. The Balaban J connectivity index is 1.79. The lowest BCUT2D eigenvalue weighted by atomic mass is 9.89. The molecule has 0 aromatic heterocycles. The summed E-state index contributed by atoms with van der Waals surface area (Å²) in [7, 11) is 1.29. The summed E-state index contributed by atoms with van der Waals surface area (Å²) in [4.78, 5) is 55.0. The SMILES string of the molecule is C=CCCCC[C@H](NC(=O)C1[C@H]2CC(C)(C)O[C@H]2CN1C(=O)[C@@H](CCCCC=C)NC(=O)OCc1ccccc1)C(=O)OC. The van der Waals surface area contributed by atoms with E-state index in [0.29, 0.717) is 32.1 Å². The van der Waals surface area contributed by atoms with Gasteiger partial charge >= 0.3 is 12.1 Å². The largest absolute Gasteiger partial charge is 0.467 e. The Hall–Kier alpha value is -3.66. The molecule has 2 aliphatic rings. The van der Waals surface area contributed by atoms with Gasteiger partial charge in [-0.2, -0.15) is 0 Å². The highest BCUT2D eigenvalue weighted by Gasteiger charge is 2.56. The van der Waals surface area contributed by atoms with Crippen molar-refractivity contribution in [3.05, 3.63) is 61.2 Å². The van der Waals surface area contributed by atoms with Crippen molar-refractivity contribution in [2.45, 2.75) is 108 Å². The minimum Gasteiger partial charge on any atom is -0.467 e. The second-order valence-electron chi connectivity index (χ2n) is 12.2. The zero-order valence-corrected chi connectivity index (χ0v) is 26.4. The fourth-order valence-corrected chi connectivity index (χ4v) is 6.12. The van der Waals surface area contributed by atoms with E-state index >= 15 is 0 Å². The molecule has 2 aliphatic heterocycles. The molecule has 1 aromatic carbocycles. The molecule has 2 heterocycles. The second kappa shape index (κ2) is 17.0. The Bertz CT molecular complexity index is 1140. The van der Waals surface area contributed by atoms with Gasteiger partial charge in [-0.15, -0.1) is 13.2 Å². The lowest BCUT2D eigenvalue weighted by Gasteiger charge is -2.32. The highest BCUT2D eigenvalue weighted by molar-refractivity contribution is 5.94. The van der Waals surface area contributed by atoms with E-state index in [1.165, 1.54) is 12.0 Å². The average Bonchev–Trinajstić information content (AvgIpc) is 3.50. The molecule has 44 heavy (non-hydrogen) atoms. The second-order valence-corrected chi connectivity index (χ2v) is 12.2. The molecule has 2 saturated heterocycles. The predicted octanol–water partition coefficient (Wildman–Crippen LogP) is 4.83. The fourth-order valence-electron chi connectivity index (χ4n) is 6.12. The summed E-state index contributed by atoms with van der Waals surface area (Å²) in [6.07, 6.45) is 8.49. The predicted molar refractivity (Wildman–Crippen MR) is 167 cm³/mol. The number of benzene rings is 1. The summed E-state index contributed by atoms with van der Waals surface area (Å²) in [5.74, 6) is -1.60. The minimum absolute atomic E-state index is 0.0631. The monoisotopic (exact) mass is 611 g/mol. The average molecular weight is 612 g/mol. The summed E-state index contributed by atoms with van der Waals surface area (Å²) in [6.45, 7) is 11.7. The van der Waals surface area contributed by atoms with Crippen LogP contribution in [0.3, 0.4) is 0 Å². The third-order valence-electron chi connectivity index (χ3n) is 8.25. The molecule has 2 N–H and O–H groups in total. The molecule has 3 rings (SSSR count). The van der Waals surface area contributed by atoms with Gasteiger partial charge in [0.25, 0.3) is 0 Å². The van der Waals surface area contributed by atoms with Gasteiger partial charge in [-0.25, -0.2) is 9.59 Å². The molecular weight excluding hydrogens is 562 g/mol. The van der Waals surface area contributed by atoms with E-state index in [1.54, 1.807) is 0 Å². The van der Waals surface area contributed by atoms with Crippen LogP contribution in [0.2, 0.25) is 0 Å². The quantitative estimate of drug-likeness (QED) is 0.147. The molecule has 5 atom stereocenters. The molecule has 0 radical (unpaired) electrons. The Labute approximate surface area is 261 Å². The Kier molecular flexibility index (Phi) is 13.4. The fraction of sp³-hybridized carbons (Fsp3) is 0.588. The number of nitrogens with zero attached hydrogens (tertiary/aromatic N) is 1. The van der Waals surface area contributed by atoms with Crippen LogP contribution in [0.15, 0.2) is 55.6 Å². The molecule has 1 aromatic rings. The van der Waals surface area contributed by atoms with Crippen molar-refractivity contribution in [3.63, 3.8) is 0 Å². The van der Waals surface area contributed by atoms with E-state index in [2.05, 4.69) is 23.8 Å². The van der Waals surface area contributed by atoms with Gasteiger partial charge in [-0.3, -0.25) is 9.59 Å². The number of ether oxygens (including phenoxy) is 3. The maximum Gasteiger partial charge on any atom is 0.408 e. The molecule has 3 amide bonds. The highest BCUT2D eigenvalue weighted by atomic mass is 16.5. The normalized spacial score (nSPS) is 21.4. The number of hydrogen-bond donors (Lipinski definition) is 2. The van der Waals surface area contributed by atoms with Gasteiger partial charge in [0.05, 0.1) is 18.8 Å². The molecule has 0 spiro atoms. The number of carbonyl (C=O) groups is 4. The molecule has 10 heteroatoms. The summed E-state index contributed by atoms with van der Waals surface area (Å²) in [5.41, 5.74) is 0.365. The van der Waals surface area contributed by atoms with Crippen molar-refractivity contribution in [3.8, 4) is 0 Å². The van der Waals surface area contributed by atoms with E-state index in [-0.39, 0.29) is 31.1 Å². The number of alkyl carbamates (subject to hydrolysis) is 1. The van der Waals surface area contributed by atoms with E-state index in [9.17, 15) is 19.2 Å². The van der Waals surface area contributed by atoms with Crippen LogP contribution in [0.5, 0.6) is 0 Å². The van der Waals surface area contributed by atoms with Crippen LogP contribution in [0.4, 0.5) is 4.79 Å². The van der Waals surface area contributed by atoms with Gasteiger partial charge in [0.15, 0.2) is 0 Å². The number of amides is 3. The van der Waals surface area contributed by atoms with Crippen LogP contribution < -0.4 is 10.6 Å². The third kappa shape index (κ3) is 9.94. The number of carbonyl (C=O) groups excluding carboxylic acids is 4. The van der Waals surface area contributed by atoms with Gasteiger partial charge < -0.3 is 29.7 Å². The van der Waals surface area contributed by atoms with Crippen molar-refractivity contribution in [2.75, 3.05) is 13.7 Å². The van der Waals surface area contributed by atoms with Crippen LogP contribution >= 0.6 is 0 Å². The molecule has 0 aliphatic carbocycles. The van der Waals surface area contributed by atoms with Crippen molar-refractivity contribution < 1.29 is 33.4 Å². The van der Waals surface area contributed by atoms with E-state index in [1.807, 2.05) is 56.3 Å². The first-order chi connectivity index (χ1) is 21.1. The van der Waals surface area contributed by atoms with E-state index in [4.69, 9.17) is 14.2 Å². The van der Waals surface area contributed by atoms with Crippen molar-refractivity contribution in [1.29, 1.82) is 0 Å². The molecule has 2 fully saturated rings. The molecule has 0 bridgehead atoms. The summed E-state index contributed by atoms with van der Waals surface area (Å²) in [5, 5.41) is 5.64. The Morgan fingerprint density at radius 3 is 2.25 bits per heavy atom. The summed E-state index contributed by atoms with van der Waals surface area (Å²) >= 11 is 0. The number of fused-ring (bicyclic) bond motifs is 1. The van der Waals surface area contributed by atoms with Crippen molar-refractivity contribution in [2.24, 2.45) is 5.92 Å². The molecule has 10 nitrogen and oxygen atoms in total. The maximum absolute atomic E-state index is 14.1. The topological polar surface area (TPSA) is 123 Å². The number of allylic oxidation sites excluding steroid dienone is 2. The number of esters is 1. The smallest absolute Gasteiger partial charge is 0.408 e. The Morgan fingerprint density at radius 1 is 1.00 bits per heavy atom. The number of hydrogen-bond acceptors (Lipinski definition) is 7. The molecule has 1 unspecified atom stereocenters. The lowest BCUT2D eigenvalue weighted by Crippen LogP contribution is -2.57. The minimum atomic E-state index is -0.902. The zero-order chi connectivity index (χ0) is 32.1. The van der Waals surface area contributed by atoms with Crippen molar-refractivity contribution >= 4 is 23.9 Å². The van der Waals surface area contributed by atoms with Crippen LogP contribution in [0, 0.1) is 5.92 Å². The number of methoxy groups -OCH3 is 1. The first-order valence-electron chi connectivity index (χ1n) is 15.7. The first kappa shape index (κ1) is 34.8. The number of rotatable bonds is 17. The van der Waals surface area contributed by atoms with Gasteiger partial charge in [0, 0.05) is 12.5 Å².